The molecule has 7 nitrogen and oxygen atoms in total. The molecule has 2 rings (SSSR count). The van der Waals surface area contributed by atoms with E-state index in [0.717, 1.165) is 0 Å². The fourth-order valence-electron chi connectivity index (χ4n) is 1.76. The summed E-state index contributed by atoms with van der Waals surface area (Å²) in [5.41, 5.74) is 6.02. The Morgan fingerprint density at radius 2 is 2.16 bits per heavy atom. The Bertz CT molecular complexity index is 595. The number of amides is 1. The smallest absolute Gasteiger partial charge is 0.291 e. The van der Waals surface area contributed by atoms with Gasteiger partial charge in [-0.3, -0.25) is 9.89 Å². The highest BCUT2D eigenvalue weighted by atomic mass is 16.3. The van der Waals surface area contributed by atoms with Crippen molar-refractivity contribution in [1.29, 1.82) is 0 Å². The summed E-state index contributed by atoms with van der Waals surface area (Å²) < 4.78 is 0. The second kappa shape index (κ2) is 4.97. The molecule has 4 N–H and O–H groups in total. The number of hydrogen-bond donors (Lipinski definition) is 3. The van der Waals surface area contributed by atoms with Crippen molar-refractivity contribution >= 4 is 11.9 Å². The summed E-state index contributed by atoms with van der Waals surface area (Å²) in [6, 6.07) is 6.57. The Kier molecular flexibility index (Phi) is 3.37. The second-order valence-corrected chi connectivity index (χ2v) is 4.19. The first-order valence-electron chi connectivity index (χ1n) is 5.73. The van der Waals surface area contributed by atoms with E-state index in [-0.39, 0.29) is 29.5 Å². The lowest BCUT2D eigenvalue weighted by Crippen LogP contribution is -2.30. The SMILES string of the molecule is CC(c1ccccc1O)N(C)C(=O)c1nc(N)n[nH]1. The van der Waals surface area contributed by atoms with Crippen molar-refractivity contribution in [2.24, 2.45) is 0 Å². The molecule has 19 heavy (non-hydrogen) atoms. The topological polar surface area (TPSA) is 108 Å². The van der Waals surface area contributed by atoms with Crippen LogP contribution in [0.1, 0.15) is 29.1 Å². The summed E-state index contributed by atoms with van der Waals surface area (Å²) in [6.45, 7) is 1.81. The van der Waals surface area contributed by atoms with Crippen molar-refractivity contribution in [1.82, 2.24) is 20.1 Å². The van der Waals surface area contributed by atoms with Crippen LogP contribution in [0.2, 0.25) is 0 Å². The van der Waals surface area contributed by atoms with Crippen LogP contribution in [0.25, 0.3) is 0 Å². The summed E-state index contributed by atoms with van der Waals surface area (Å²) >= 11 is 0. The number of nitrogens with one attached hydrogen (secondary N) is 1. The molecule has 0 radical (unpaired) electrons. The number of phenolic OH excluding ortho intramolecular Hbond substituents is 1. The van der Waals surface area contributed by atoms with Gasteiger partial charge in [-0.15, -0.1) is 5.10 Å². The number of H-pyrrole nitrogens is 1. The van der Waals surface area contributed by atoms with Crippen LogP contribution in [-0.2, 0) is 0 Å². The number of rotatable bonds is 3. The number of nitrogen functional groups attached to an aromatic ring is 1. The lowest BCUT2D eigenvalue weighted by molar-refractivity contribution is 0.0729. The lowest BCUT2D eigenvalue weighted by atomic mass is 10.1. The number of aromatic nitrogens is 3. The Balaban J connectivity index is 2.22. The summed E-state index contributed by atoms with van der Waals surface area (Å²) in [6.07, 6.45) is 0. The van der Waals surface area contributed by atoms with Gasteiger partial charge in [-0.05, 0) is 13.0 Å². The number of anilines is 1. The average molecular weight is 261 g/mol. The zero-order valence-electron chi connectivity index (χ0n) is 10.7. The number of nitrogens with zero attached hydrogens (tertiary/aromatic N) is 3. The highest BCUT2D eigenvalue weighted by Crippen LogP contribution is 2.27. The van der Waals surface area contributed by atoms with Crippen molar-refractivity contribution in [2.45, 2.75) is 13.0 Å². The minimum Gasteiger partial charge on any atom is -0.508 e. The molecule has 0 bridgehead atoms. The molecule has 0 aliphatic carbocycles. The van der Waals surface area contributed by atoms with Gasteiger partial charge < -0.3 is 15.7 Å². The van der Waals surface area contributed by atoms with Crippen molar-refractivity contribution in [3.8, 4) is 5.75 Å². The Labute approximate surface area is 110 Å². The van der Waals surface area contributed by atoms with Crippen LogP contribution in [0.3, 0.4) is 0 Å². The normalized spacial score (nSPS) is 12.1. The fourth-order valence-corrected chi connectivity index (χ4v) is 1.76. The van der Waals surface area contributed by atoms with Crippen LogP contribution in [0.5, 0.6) is 5.75 Å². The third-order valence-corrected chi connectivity index (χ3v) is 2.99. The zero-order chi connectivity index (χ0) is 14.0. The van der Waals surface area contributed by atoms with Gasteiger partial charge in [0.05, 0.1) is 6.04 Å². The predicted octanol–water partition coefficient (Wildman–Crippen LogP) is 0.926. The maximum absolute atomic E-state index is 12.1. The predicted molar refractivity (Wildman–Crippen MR) is 69.4 cm³/mol. The largest absolute Gasteiger partial charge is 0.508 e. The molecule has 0 aliphatic heterocycles. The Morgan fingerprint density at radius 3 is 2.74 bits per heavy atom. The van der Waals surface area contributed by atoms with Crippen molar-refractivity contribution in [3.05, 3.63) is 35.7 Å². The monoisotopic (exact) mass is 261 g/mol. The Hall–Kier alpha value is -2.57. The summed E-state index contributed by atoms with van der Waals surface area (Å²) in [4.78, 5) is 17.4. The van der Waals surface area contributed by atoms with Crippen LogP contribution in [0, 0.1) is 0 Å². The molecule has 1 aromatic carbocycles. The molecule has 1 atom stereocenters. The molecule has 7 heteroatoms. The van der Waals surface area contributed by atoms with E-state index in [0.29, 0.717) is 5.56 Å². The molecule has 0 saturated carbocycles. The number of aromatic amines is 1. The van der Waals surface area contributed by atoms with Crippen molar-refractivity contribution in [3.63, 3.8) is 0 Å². The van der Waals surface area contributed by atoms with Crippen LogP contribution in [0.15, 0.2) is 24.3 Å². The minimum atomic E-state index is -0.347. The summed E-state index contributed by atoms with van der Waals surface area (Å²) in [5.74, 6) is -0.110. The summed E-state index contributed by atoms with van der Waals surface area (Å²) in [7, 11) is 1.62. The van der Waals surface area contributed by atoms with E-state index in [9.17, 15) is 9.90 Å². The molecule has 100 valence electrons. The van der Waals surface area contributed by atoms with E-state index in [1.54, 1.807) is 31.3 Å². The van der Waals surface area contributed by atoms with Gasteiger partial charge in [-0.1, -0.05) is 18.2 Å². The third kappa shape index (κ3) is 2.49. The molecule has 1 amide bonds. The van der Waals surface area contributed by atoms with E-state index in [1.807, 2.05) is 6.92 Å². The second-order valence-electron chi connectivity index (χ2n) is 4.19. The van der Waals surface area contributed by atoms with E-state index in [2.05, 4.69) is 15.2 Å². The van der Waals surface area contributed by atoms with E-state index in [1.165, 1.54) is 4.90 Å². The number of phenols is 1. The quantitative estimate of drug-likeness (QED) is 0.761. The van der Waals surface area contributed by atoms with E-state index >= 15 is 0 Å². The van der Waals surface area contributed by atoms with Gasteiger partial charge in [0, 0.05) is 12.6 Å². The maximum atomic E-state index is 12.1. The average Bonchev–Trinajstić information content (AvgIpc) is 2.83. The maximum Gasteiger partial charge on any atom is 0.291 e. The number of aromatic hydroxyl groups is 1. The first-order chi connectivity index (χ1) is 9.00. The molecule has 0 fully saturated rings. The number of nitrogens with two attached hydrogens (primary N) is 1. The molecular formula is C12H15N5O2. The Morgan fingerprint density at radius 1 is 1.47 bits per heavy atom. The van der Waals surface area contributed by atoms with Crippen LogP contribution < -0.4 is 5.73 Å². The molecule has 0 spiro atoms. The fraction of sp³-hybridized carbons (Fsp3) is 0.250. The number of hydrogen-bond acceptors (Lipinski definition) is 5. The highest BCUT2D eigenvalue weighted by molar-refractivity contribution is 5.90. The first kappa shape index (κ1) is 12.9. The number of carbonyl (C=O) groups is 1. The minimum absolute atomic E-state index is 0.0203. The molecule has 1 aromatic heterocycles. The molecule has 0 aliphatic rings. The number of carbonyl (C=O) groups excluding carboxylic acids is 1. The summed E-state index contributed by atoms with van der Waals surface area (Å²) in [5, 5.41) is 15.9. The van der Waals surface area contributed by atoms with Crippen molar-refractivity contribution in [2.75, 3.05) is 12.8 Å². The molecule has 0 saturated heterocycles. The standard InChI is InChI=1S/C12H15N5O2/c1-7(8-5-3-4-6-9(8)18)17(2)11(19)10-14-12(13)16-15-10/h3-7,18H,1-2H3,(H3,13,14,15,16). The van der Waals surface area contributed by atoms with E-state index < -0.39 is 0 Å². The highest BCUT2D eigenvalue weighted by Gasteiger charge is 2.23. The molecule has 1 unspecified atom stereocenters. The molecular weight excluding hydrogens is 246 g/mol. The molecule has 1 heterocycles. The van der Waals surface area contributed by atoms with Crippen molar-refractivity contribution < 1.29 is 9.90 Å². The number of para-hydroxylation sites is 1. The third-order valence-electron chi connectivity index (χ3n) is 2.99. The van der Waals surface area contributed by atoms with Crippen LogP contribution >= 0.6 is 0 Å². The van der Waals surface area contributed by atoms with Gasteiger partial charge >= 0.3 is 0 Å². The van der Waals surface area contributed by atoms with Crippen LogP contribution in [0.4, 0.5) is 5.95 Å². The van der Waals surface area contributed by atoms with Gasteiger partial charge in [0.2, 0.25) is 11.8 Å². The van der Waals surface area contributed by atoms with Gasteiger partial charge in [0.1, 0.15) is 5.75 Å². The van der Waals surface area contributed by atoms with Gasteiger partial charge in [0.15, 0.2) is 0 Å². The first-order valence-corrected chi connectivity index (χ1v) is 5.73. The van der Waals surface area contributed by atoms with E-state index in [4.69, 9.17) is 5.73 Å². The number of benzene rings is 1. The van der Waals surface area contributed by atoms with Gasteiger partial charge in [-0.2, -0.15) is 4.98 Å². The van der Waals surface area contributed by atoms with Gasteiger partial charge in [-0.25, -0.2) is 0 Å². The van der Waals surface area contributed by atoms with Gasteiger partial charge in [0.25, 0.3) is 5.91 Å². The zero-order valence-corrected chi connectivity index (χ0v) is 10.7. The molecule has 2 aromatic rings. The van der Waals surface area contributed by atoms with Crippen LogP contribution in [-0.4, -0.2) is 38.1 Å². The lowest BCUT2D eigenvalue weighted by Gasteiger charge is -2.24.